The molecule has 1 amide bonds. The Morgan fingerprint density at radius 3 is 2.83 bits per heavy atom. The van der Waals surface area contributed by atoms with E-state index in [9.17, 15) is 9.59 Å². The average molecular weight is 253 g/mol. The summed E-state index contributed by atoms with van der Waals surface area (Å²) in [6.45, 7) is 1.88. The van der Waals surface area contributed by atoms with E-state index < -0.39 is 5.97 Å². The molecular formula is C10H15N5O3. The summed E-state index contributed by atoms with van der Waals surface area (Å²) in [6, 6.07) is 0.319. The Balaban J connectivity index is 2.02. The van der Waals surface area contributed by atoms with Gasteiger partial charge in [-0.3, -0.25) is 4.79 Å². The van der Waals surface area contributed by atoms with Gasteiger partial charge in [0, 0.05) is 13.1 Å². The Labute approximate surface area is 104 Å². The number of hydrogen-bond acceptors (Lipinski definition) is 6. The van der Waals surface area contributed by atoms with Crippen LogP contribution in [0.4, 0.5) is 0 Å². The summed E-state index contributed by atoms with van der Waals surface area (Å²) >= 11 is 0. The van der Waals surface area contributed by atoms with Gasteiger partial charge in [0.25, 0.3) is 5.82 Å². The molecule has 0 saturated heterocycles. The van der Waals surface area contributed by atoms with Crippen LogP contribution in [0, 0.1) is 0 Å². The van der Waals surface area contributed by atoms with Crippen molar-refractivity contribution in [2.45, 2.75) is 32.4 Å². The molecule has 0 aromatic carbocycles. The Bertz CT molecular complexity index is 454. The average Bonchev–Trinajstić information content (AvgIpc) is 3.09. The molecule has 0 aliphatic heterocycles. The van der Waals surface area contributed by atoms with Crippen LogP contribution in [0.5, 0.6) is 0 Å². The molecule has 8 nitrogen and oxygen atoms in total. The Hall–Kier alpha value is -1.99. The van der Waals surface area contributed by atoms with Gasteiger partial charge in [0.2, 0.25) is 5.91 Å². The highest BCUT2D eigenvalue weighted by Gasteiger charge is 2.30. The summed E-state index contributed by atoms with van der Waals surface area (Å²) < 4.78 is 5.97. The van der Waals surface area contributed by atoms with Crippen LogP contribution in [0.25, 0.3) is 0 Å². The topological polar surface area (TPSA) is 90.2 Å². The Morgan fingerprint density at radius 2 is 2.22 bits per heavy atom. The molecular weight excluding hydrogens is 238 g/mol. The van der Waals surface area contributed by atoms with Crippen molar-refractivity contribution in [2.75, 3.05) is 13.7 Å². The first kappa shape index (κ1) is 12.5. The maximum absolute atomic E-state index is 11.9. The second kappa shape index (κ2) is 5.11. The number of hydrogen-bond donors (Lipinski definition) is 0. The van der Waals surface area contributed by atoms with Crippen molar-refractivity contribution < 1.29 is 14.3 Å². The number of carbonyl (C=O) groups is 2. The van der Waals surface area contributed by atoms with Gasteiger partial charge in [-0.15, -0.1) is 5.10 Å². The first-order valence-electron chi connectivity index (χ1n) is 5.82. The predicted molar refractivity (Wildman–Crippen MR) is 59.6 cm³/mol. The van der Waals surface area contributed by atoms with Crippen molar-refractivity contribution in [2.24, 2.45) is 0 Å². The van der Waals surface area contributed by atoms with Gasteiger partial charge in [0.1, 0.15) is 6.54 Å². The zero-order valence-corrected chi connectivity index (χ0v) is 10.4. The quantitative estimate of drug-likeness (QED) is 0.655. The highest BCUT2D eigenvalue weighted by molar-refractivity contribution is 5.86. The largest absolute Gasteiger partial charge is 0.460 e. The van der Waals surface area contributed by atoms with Crippen LogP contribution in [-0.2, 0) is 16.1 Å². The second-order valence-electron chi connectivity index (χ2n) is 4.12. The molecule has 1 aromatic rings. The molecule has 1 aromatic heterocycles. The molecule has 0 bridgehead atoms. The fraction of sp³-hybridized carbons (Fsp3) is 0.700. The molecule has 98 valence electrons. The van der Waals surface area contributed by atoms with Gasteiger partial charge in [-0.2, -0.15) is 0 Å². The summed E-state index contributed by atoms with van der Waals surface area (Å²) in [5.41, 5.74) is 0. The minimum atomic E-state index is -0.621. The maximum atomic E-state index is 11.9. The molecule has 0 atom stereocenters. The number of aromatic nitrogens is 4. The van der Waals surface area contributed by atoms with Crippen molar-refractivity contribution in [1.29, 1.82) is 0 Å². The van der Waals surface area contributed by atoms with E-state index in [1.54, 1.807) is 18.9 Å². The molecule has 1 saturated carbocycles. The SMILES string of the molecule is CCOC(=O)c1nnnn1CC(=O)N(C)C1CC1. The monoisotopic (exact) mass is 253 g/mol. The number of tetrazole rings is 1. The number of amides is 1. The molecule has 0 unspecified atom stereocenters. The molecule has 0 N–H and O–H groups in total. The first-order chi connectivity index (χ1) is 8.63. The van der Waals surface area contributed by atoms with Crippen molar-refractivity contribution >= 4 is 11.9 Å². The number of ether oxygens (including phenoxy) is 1. The van der Waals surface area contributed by atoms with Gasteiger partial charge in [0.05, 0.1) is 6.61 Å². The van der Waals surface area contributed by atoms with Crippen molar-refractivity contribution in [3.05, 3.63) is 5.82 Å². The van der Waals surface area contributed by atoms with Crippen LogP contribution in [0.1, 0.15) is 30.4 Å². The summed E-state index contributed by atoms with van der Waals surface area (Å²) in [7, 11) is 1.74. The molecule has 1 heterocycles. The lowest BCUT2D eigenvalue weighted by Crippen LogP contribution is -2.33. The third kappa shape index (κ3) is 2.63. The third-order valence-corrected chi connectivity index (χ3v) is 2.76. The molecule has 8 heteroatoms. The molecule has 2 rings (SSSR count). The Kier molecular flexibility index (Phi) is 3.54. The lowest BCUT2D eigenvalue weighted by atomic mass is 10.4. The lowest BCUT2D eigenvalue weighted by molar-refractivity contribution is -0.131. The van der Waals surface area contributed by atoms with Crippen molar-refractivity contribution in [3.8, 4) is 0 Å². The normalized spacial score (nSPS) is 14.3. The van der Waals surface area contributed by atoms with E-state index in [0.717, 1.165) is 12.8 Å². The van der Waals surface area contributed by atoms with E-state index in [2.05, 4.69) is 15.5 Å². The zero-order chi connectivity index (χ0) is 13.1. The highest BCUT2D eigenvalue weighted by Crippen LogP contribution is 2.25. The van der Waals surface area contributed by atoms with E-state index >= 15 is 0 Å². The summed E-state index contributed by atoms with van der Waals surface area (Å²) in [5.74, 6) is -0.783. The van der Waals surface area contributed by atoms with E-state index in [4.69, 9.17) is 4.74 Å². The fourth-order valence-corrected chi connectivity index (χ4v) is 1.56. The van der Waals surface area contributed by atoms with Crippen molar-refractivity contribution in [1.82, 2.24) is 25.1 Å². The summed E-state index contributed by atoms with van der Waals surface area (Å²) in [5, 5.41) is 10.6. The summed E-state index contributed by atoms with van der Waals surface area (Å²) in [6.07, 6.45) is 2.06. The van der Waals surface area contributed by atoms with Crippen LogP contribution in [0.15, 0.2) is 0 Å². The second-order valence-corrected chi connectivity index (χ2v) is 4.12. The zero-order valence-electron chi connectivity index (χ0n) is 10.4. The Morgan fingerprint density at radius 1 is 1.50 bits per heavy atom. The van der Waals surface area contributed by atoms with Crippen LogP contribution < -0.4 is 0 Å². The van der Waals surface area contributed by atoms with Crippen molar-refractivity contribution in [3.63, 3.8) is 0 Å². The summed E-state index contributed by atoms with van der Waals surface area (Å²) in [4.78, 5) is 25.1. The number of esters is 1. The standard InChI is InChI=1S/C10H15N5O3/c1-3-18-10(17)9-11-12-13-15(9)6-8(16)14(2)7-4-5-7/h7H,3-6H2,1-2H3. The fourth-order valence-electron chi connectivity index (χ4n) is 1.56. The van der Waals surface area contributed by atoms with E-state index in [1.807, 2.05) is 0 Å². The highest BCUT2D eigenvalue weighted by atomic mass is 16.5. The van der Waals surface area contributed by atoms with Gasteiger partial charge < -0.3 is 9.64 Å². The maximum Gasteiger partial charge on any atom is 0.378 e. The van der Waals surface area contributed by atoms with Crippen LogP contribution in [-0.4, -0.2) is 56.7 Å². The van der Waals surface area contributed by atoms with Gasteiger partial charge in [-0.05, 0) is 30.2 Å². The van der Waals surface area contributed by atoms with Gasteiger partial charge in [0.15, 0.2) is 0 Å². The van der Waals surface area contributed by atoms with E-state index in [1.165, 1.54) is 4.68 Å². The smallest absolute Gasteiger partial charge is 0.378 e. The van der Waals surface area contributed by atoms with Crippen LogP contribution in [0.2, 0.25) is 0 Å². The molecule has 18 heavy (non-hydrogen) atoms. The number of carbonyl (C=O) groups excluding carboxylic acids is 2. The predicted octanol–water partition coefficient (Wildman–Crippen LogP) is -0.529. The molecule has 0 radical (unpaired) electrons. The van der Waals surface area contributed by atoms with Gasteiger partial charge >= 0.3 is 5.97 Å². The lowest BCUT2D eigenvalue weighted by Gasteiger charge is -2.15. The number of rotatable bonds is 5. The molecule has 1 aliphatic carbocycles. The van der Waals surface area contributed by atoms with Gasteiger partial charge in [-0.1, -0.05) is 0 Å². The minimum absolute atomic E-state index is 0.0469. The van der Waals surface area contributed by atoms with Gasteiger partial charge in [-0.25, -0.2) is 9.48 Å². The molecule has 1 aliphatic rings. The first-order valence-corrected chi connectivity index (χ1v) is 5.82. The van der Waals surface area contributed by atoms with Crippen LogP contribution in [0.3, 0.4) is 0 Å². The third-order valence-electron chi connectivity index (χ3n) is 2.76. The van der Waals surface area contributed by atoms with Crippen LogP contribution >= 0.6 is 0 Å². The number of nitrogens with zero attached hydrogens (tertiary/aromatic N) is 5. The molecule has 0 spiro atoms. The van der Waals surface area contributed by atoms with E-state index in [-0.39, 0.29) is 24.9 Å². The molecule has 1 fully saturated rings. The minimum Gasteiger partial charge on any atom is -0.460 e. The number of likely N-dealkylation sites (N-methyl/N-ethyl adjacent to an activating group) is 1. The van der Waals surface area contributed by atoms with E-state index in [0.29, 0.717) is 6.04 Å².